The van der Waals surface area contributed by atoms with Crippen LogP contribution in [0.1, 0.15) is 16.8 Å². The van der Waals surface area contributed by atoms with Crippen LogP contribution < -0.4 is 0 Å². The van der Waals surface area contributed by atoms with Crippen LogP contribution in [0.3, 0.4) is 0 Å². The normalized spacial score (nSPS) is 19.5. The van der Waals surface area contributed by atoms with E-state index in [4.69, 9.17) is 21.1 Å². The highest BCUT2D eigenvalue weighted by Crippen LogP contribution is 2.13. The fourth-order valence-electron chi connectivity index (χ4n) is 1.75. The lowest BCUT2D eigenvalue weighted by molar-refractivity contribution is 0.0652. The molecule has 0 bridgehead atoms. The molecule has 17 heavy (non-hydrogen) atoms. The first kappa shape index (κ1) is 12.6. The van der Waals surface area contributed by atoms with Crippen molar-refractivity contribution in [3.63, 3.8) is 0 Å². The molecule has 3 nitrogen and oxygen atoms in total. The summed E-state index contributed by atoms with van der Waals surface area (Å²) in [5, 5.41) is 0.630. The molecule has 0 spiro atoms. The maximum Gasteiger partial charge on any atom is 0.188 e. The topological polar surface area (TPSA) is 35.5 Å². The molecule has 1 aliphatic rings. The van der Waals surface area contributed by atoms with Crippen LogP contribution in [0.5, 0.6) is 0 Å². The molecule has 4 heteroatoms. The number of benzene rings is 1. The van der Waals surface area contributed by atoms with Crippen molar-refractivity contribution in [1.29, 1.82) is 0 Å². The van der Waals surface area contributed by atoms with E-state index in [-0.39, 0.29) is 12.4 Å². The Hall–Kier alpha value is -0.900. The molecular weight excluding hydrogens is 240 g/mol. The van der Waals surface area contributed by atoms with E-state index in [1.807, 2.05) is 0 Å². The number of hydrogen-bond acceptors (Lipinski definition) is 3. The first-order valence-corrected chi connectivity index (χ1v) is 6.08. The average Bonchev–Trinajstić information content (AvgIpc) is 2.83. The molecule has 1 aromatic rings. The Morgan fingerprint density at radius 3 is 2.82 bits per heavy atom. The number of carbonyl (C=O) groups is 1. The maximum absolute atomic E-state index is 11.7. The van der Waals surface area contributed by atoms with Crippen LogP contribution in [0.25, 0.3) is 0 Å². The van der Waals surface area contributed by atoms with E-state index in [1.165, 1.54) is 0 Å². The minimum Gasteiger partial charge on any atom is -0.381 e. The lowest BCUT2D eigenvalue weighted by Gasteiger charge is -2.08. The number of carbonyl (C=O) groups excluding carboxylic acids is 1. The summed E-state index contributed by atoms with van der Waals surface area (Å²) in [7, 11) is 0. The molecule has 1 saturated heterocycles. The standard InChI is InChI=1S/C13H15ClO3/c14-12-3-1-11(2-4-12)13(15)9-17-8-10-5-6-16-7-10/h1-4,10H,5-9H2. The summed E-state index contributed by atoms with van der Waals surface area (Å²) in [5.41, 5.74) is 0.636. The second-order valence-electron chi connectivity index (χ2n) is 4.17. The Morgan fingerprint density at radius 1 is 1.41 bits per heavy atom. The van der Waals surface area contributed by atoms with Gasteiger partial charge in [-0.2, -0.15) is 0 Å². The minimum atomic E-state index is -0.0134. The molecule has 1 aliphatic heterocycles. The van der Waals surface area contributed by atoms with Gasteiger partial charge in [0.15, 0.2) is 5.78 Å². The summed E-state index contributed by atoms with van der Waals surface area (Å²) in [6.45, 7) is 2.27. The van der Waals surface area contributed by atoms with Crippen molar-refractivity contribution >= 4 is 17.4 Å². The third-order valence-corrected chi connectivity index (χ3v) is 3.03. The number of Topliss-reactive ketones (excluding diaryl/α,β-unsaturated/α-hetero) is 1. The van der Waals surface area contributed by atoms with Crippen LogP contribution in [-0.2, 0) is 9.47 Å². The van der Waals surface area contributed by atoms with Crippen molar-refractivity contribution in [2.75, 3.05) is 26.4 Å². The Kier molecular flexibility index (Phi) is 4.54. The van der Waals surface area contributed by atoms with Gasteiger partial charge in [0.05, 0.1) is 13.2 Å². The van der Waals surface area contributed by atoms with Crippen LogP contribution in [0.15, 0.2) is 24.3 Å². The summed E-state index contributed by atoms with van der Waals surface area (Å²) < 4.78 is 10.6. The lowest BCUT2D eigenvalue weighted by atomic mass is 10.1. The molecule has 1 heterocycles. The van der Waals surface area contributed by atoms with Crippen LogP contribution in [0, 0.1) is 5.92 Å². The van der Waals surface area contributed by atoms with Crippen molar-refractivity contribution in [3.8, 4) is 0 Å². The molecule has 0 N–H and O–H groups in total. The number of halogens is 1. The van der Waals surface area contributed by atoms with Crippen molar-refractivity contribution in [2.24, 2.45) is 5.92 Å². The van der Waals surface area contributed by atoms with Gasteiger partial charge in [0.1, 0.15) is 6.61 Å². The molecule has 0 saturated carbocycles. The van der Waals surface area contributed by atoms with Crippen molar-refractivity contribution in [3.05, 3.63) is 34.9 Å². The fourth-order valence-corrected chi connectivity index (χ4v) is 1.88. The fraction of sp³-hybridized carbons (Fsp3) is 0.462. The molecule has 2 rings (SSSR count). The van der Waals surface area contributed by atoms with Crippen LogP contribution in [0.4, 0.5) is 0 Å². The van der Waals surface area contributed by atoms with Gasteiger partial charge in [0.25, 0.3) is 0 Å². The van der Waals surface area contributed by atoms with Crippen molar-refractivity contribution in [2.45, 2.75) is 6.42 Å². The molecule has 1 fully saturated rings. The lowest BCUT2D eigenvalue weighted by Crippen LogP contribution is -2.15. The quantitative estimate of drug-likeness (QED) is 0.758. The zero-order chi connectivity index (χ0) is 12.1. The van der Waals surface area contributed by atoms with Gasteiger partial charge in [0.2, 0.25) is 0 Å². The first-order valence-electron chi connectivity index (χ1n) is 5.70. The van der Waals surface area contributed by atoms with Gasteiger partial charge < -0.3 is 9.47 Å². The smallest absolute Gasteiger partial charge is 0.188 e. The average molecular weight is 255 g/mol. The monoisotopic (exact) mass is 254 g/mol. The molecule has 0 aromatic heterocycles. The molecule has 0 radical (unpaired) electrons. The van der Waals surface area contributed by atoms with Gasteiger partial charge in [-0.25, -0.2) is 0 Å². The first-order chi connectivity index (χ1) is 8.25. The van der Waals surface area contributed by atoms with E-state index < -0.39 is 0 Å². The van der Waals surface area contributed by atoms with E-state index in [0.717, 1.165) is 19.6 Å². The van der Waals surface area contributed by atoms with E-state index in [9.17, 15) is 4.79 Å². The Morgan fingerprint density at radius 2 is 2.18 bits per heavy atom. The van der Waals surface area contributed by atoms with Crippen molar-refractivity contribution < 1.29 is 14.3 Å². The summed E-state index contributed by atoms with van der Waals surface area (Å²) in [4.78, 5) is 11.7. The summed E-state index contributed by atoms with van der Waals surface area (Å²) in [6, 6.07) is 6.85. The van der Waals surface area contributed by atoms with Gasteiger partial charge in [-0.15, -0.1) is 0 Å². The zero-order valence-corrected chi connectivity index (χ0v) is 10.3. The third-order valence-electron chi connectivity index (χ3n) is 2.78. The second kappa shape index (κ2) is 6.15. The summed E-state index contributed by atoms with van der Waals surface area (Å²) in [6.07, 6.45) is 1.02. The van der Waals surface area contributed by atoms with Gasteiger partial charge in [-0.05, 0) is 30.7 Å². The number of hydrogen-bond donors (Lipinski definition) is 0. The van der Waals surface area contributed by atoms with Gasteiger partial charge in [-0.3, -0.25) is 4.79 Å². The van der Waals surface area contributed by atoms with Crippen LogP contribution in [-0.4, -0.2) is 32.2 Å². The Balaban J connectivity index is 1.75. The number of ketones is 1. The zero-order valence-electron chi connectivity index (χ0n) is 9.52. The highest BCUT2D eigenvalue weighted by Gasteiger charge is 2.16. The predicted molar refractivity (Wildman–Crippen MR) is 65.5 cm³/mol. The van der Waals surface area contributed by atoms with Crippen molar-refractivity contribution in [1.82, 2.24) is 0 Å². The van der Waals surface area contributed by atoms with Gasteiger partial charge in [-0.1, -0.05) is 11.6 Å². The van der Waals surface area contributed by atoms with Crippen LogP contribution in [0.2, 0.25) is 5.02 Å². The minimum absolute atomic E-state index is 0.0134. The molecule has 0 amide bonds. The molecule has 1 aromatic carbocycles. The molecular formula is C13H15ClO3. The number of rotatable bonds is 5. The summed E-state index contributed by atoms with van der Waals surface area (Å²) in [5.74, 6) is 0.425. The summed E-state index contributed by atoms with van der Waals surface area (Å²) >= 11 is 5.75. The molecule has 92 valence electrons. The van der Waals surface area contributed by atoms with Gasteiger partial charge >= 0.3 is 0 Å². The maximum atomic E-state index is 11.7. The highest BCUT2D eigenvalue weighted by molar-refractivity contribution is 6.30. The largest absolute Gasteiger partial charge is 0.381 e. The second-order valence-corrected chi connectivity index (χ2v) is 4.61. The van der Waals surface area contributed by atoms with Crippen LogP contribution >= 0.6 is 11.6 Å². The molecule has 1 atom stereocenters. The SMILES string of the molecule is O=C(COCC1CCOC1)c1ccc(Cl)cc1. The highest BCUT2D eigenvalue weighted by atomic mass is 35.5. The van der Waals surface area contributed by atoms with E-state index in [1.54, 1.807) is 24.3 Å². The predicted octanol–water partition coefficient (Wildman–Crippen LogP) is 2.58. The Bertz CT molecular complexity index is 369. The van der Waals surface area contributed by atoms with E-state index >= 15 is 0 Å². The molecule has 1 unspecified atom stereocenters. The Labute approximate surface area is 106 Å². The third kappa shape index (κ3) is 3.80. The number of ether oxygens (including phenoxy) is 2. The van der Waals surface area contributed by atoms with E-state index in [0.29, 0.717) is 23.1 Å². The van der Waals surface area contributed by atoms with Gasteiger partial charge in [0, 0.05) is 23.1 Å². The molecule has 0 aliphatic carbocycles. The van der Waals surface area contributed by atoms with E-state index in [2.05, 4.69) is 0 Å².